The van der Waals surface area contributed by atoms with Gasteiger partial charge in [-0.3, -0.25) is 4.98 Å². The van der Waals surface area contributed by atoms with E-state index in [0.29, 0.717) is 6.42 Å². The topological polar surface area (TPSA) is 63.8 Å². The number of aromatic nitrogens is 3. The van der Waals surface area contributed by atoms with Gasteiger partial charge in [-0.05, 0) is 37.1 Å². The highest BCUT2D eigenvalue weighted by Gasteiger charge is 2.20. The standard InChI is InChI=1S/C13H16N4O/c1-2-6-15-11(3-1)13-16-12(17-18-13)9-10-4-7-14-8-5-10/h4-5,7-8,11,15H,1-3,6,9H2/t11-/m1/s1. The average Bonchev–Trinajstić information content (AvgIpc) is 2.89. The molecule has 94 valence electrons. The molecular formula is C13H16N4O. The van der Waals surface area contributed by atoms with Crippen LogP contribution in [0.5, 0.6) is 0 Å². The first-order chi connectivity index (χ1) is 8.92. The zero-order valence-corrected chi connectivity index (χ0v) is 10.2. The molecule has 0 spiro atoms. The summed E-state index contributed by atoms with van der Waals surface area (Å²) >= 11 is 0. The van der Waals surface area contributed by atoms with E-state index in [4.69, 9.17) is 4.52 Å². The fourth-order valence-electron chi connectivity index (χ4n) is 2.23. The van der Waals surface area contributed by atoms with E-state index in [9.17, 15) is 0 Å². The summed E-state index contributed by atoms with van der Waals surface area (Å²) in [6.45, 7) is 1.03. The average molecular weight is 244 g/mol. The summed E-state index contributed by atoms with van der Waals surface area (Å²) in [5, 5.41) is 7.45. The second kappa shape index (κ2) is 5.27. The van der Waals surface area contributed by atoms with Crippen molar-refractivity contribution in [3.63, 3.8) is 0 Å². The Morgan fingerprint density at radius 3 is 2.94 bits per heavy atom. The highest BCUT2D eigenvalue weighted by atomic mass is 16.5. The van der Waals surface area contributed by atoms with Crippen LogP contribution in [0.15, 0.2) is 29.0 Å². The molecule has 5 nitrogen and oxygen atoms in total. The molecule has 1 saturated heterocycles. The SMILES string of the molecule is c1cc(Cc2noc([C@H]3CCCCN3)n2)ccn1. The maximum atomic E-state index is 5.34. The van der Waals surface area contributed by atoms with Crippen LogP contribution in [0.4, 0.5) is 0 Å². The van der Waals surface area contributed by atoms with Gasteiger partial charge in [-0.2, -0.15) is 4.98 Å². The third-order valence-electron chi connectivity index (χ3n) is 3.20. The number of nitrogens with zero attached hydrogens (tertiary/aromatic N) is 3. The molecule has 1 fully saturated rings. The predicted molar refractivity (Wildman–Crippen MR) is 65.9 cm³/mol. The van der Waals surface area contributed by atoms with Crippen molar-refractivity contribution < 1.29 is 4.52 Å². The molecule has 0 amide bonds. The van der Waals surface area contributed by atoms with Gasteiger partial charge in [0.15, 0.2) is 5.82 Å². The quantitative estimate of drug-likeness (QED) is 0.893. The van der Waals surface area contributed by atoms with E-state index < -0.39 is 0 Å². The Kier molecular flexibility index (Phi) is 3.32. The Labute approximate surface area is 106 Å². The smallest absolute Gasteiger partial charge is 0.243 e. The molecule has 0 saturated carbocycles. The molecule has 0 aromatic carbocycles. The molecule has 18 heavy (non-hydrogen) atoms. The van der Waals surface area contributed by atoms with E-state index in [1.807, 2.05) is 12.1 Å². The fraction of sp³-hybridized carbons (Fsp3) is 0.462. The van der Waals surface area contributed by atoms with Crippen molar-refractivity contribution in [3.8, 4) is 0 Å². The summed E-state index contributed by atoms with van der Waals surface area (Å²) in [6, 6.07) is 4.17. The van der Waals surface area contributed by atoms with Gasteiger partial charge in [-0.1, -0.05) is 11.6 Å². The minimum absolute atomic E-state index is 0.234. The largest absolute Gasteiger partial charge is 0.338 e. The van der Waals surface area contributed by atoms with Crippen molar-refractivity contribution in [3.05, 3.63) is 41.8 Å². The molecule has 1 N–H and O–H groups in total. The normalized spacial score (nSPS) is 19.9. The Morgan fingerprint density at radius 2 is 2.17 bits per heavy atom. The summed E-state index contributed by atoms with van der Waals surface area (Å²) in [5.74, 6) is 1.46. The first-order valence-electron chi connectivity index (χ1n) is 6.36. The number of hydrogen-bond donors (Lipinski definition) is 1. The minimum atomic E-state index is 0.234. The maximum Gasteiger partial charge on any atom is 0.243 e. The van der Waals surface area contributed by atoms with Crippen LogP contribution in [0.1, 0.15) is 42.6 Å². The lowest BCUT2D eigenvalue weighted by atomic mass is 10.1. The lowest BCUT2D eigenvalue weighted by Crippen LogP contribution is -2.27. The van der Waals surface area contributed by atoms with Crippen molar-refractivity contribution in [1.29, 1.82) is 0 Å². The van der Waals surface area contributed by atoms with E-state index in [-0.39, 0.29) is 6.04 Å². The highest BCUT2D eigenvalue weighted by Crippen LogP contribution is 2.21. The molecule has 2 aromatic rings. The van der Waals surface area contributed by atoms with Crippen LogP contribution < -0.4 is 5.32 Å². The van der Waals surface area contributed by atoms with E-state index >= 15 is 0 Å². The maximum absolute atomic E-state index is 5.34. The Balaban J connectivity index is 1.69. The van der Waals surface area contributed by atoms with Gasteiger partial charge in [0.1, 0.15) is 0 Å². The monoisotopic (exact) mass is 244 g/mol. The Bertz CT molecular complexity index is 491. The summed E-state index contributed by atoms with van der Waals surface area (Å²) in [7, 11) is 0. The van der Waals surface area contributed by atoms with Crippen LogP contribution in [-0.4, -0.2) is 21.7 Å². The number of rotatable bonds is 3. The number of pyridine rings is 1. The van der Waals surface area contributed by atoms with Gasteiger partial charge in [-0.15, -0.1) is 0 Å². The lowest BCUT2D eigenvalue weighted by molar-refractivity contribution is 0.296. The van der Waals surface area contributed by atoms with Gasteiger partial charge in [0, 0.05) is 18.8 Å². The molecule has 0 bridgehead atoms. The van der Waals surface area contributed by atoms with Gasteiger partial charge < -0.3 is 9.84 Å². The van der Waals surface area contributed by atoms with Crippen LogP contribution >= 0.6 is 0 Å². The van der Waals surface area contributed by atoms with Crippen LogP contribution in [0, 0.1) is 0 Å². The third kappa shape index (κ3) is 2.56. The molecule has 1 aliphatic rings. The van der Waals surface area contributed by atoms with E-state index in [2.05, 4.69) is 20.4 Å². The molecule has 3 rings (SSSR count). The first-order valence-corrected chi connectivity index (χ1v) is 6.36. The van der Waals surface area contributed by atoms with E-state index in [1.54, 1.807) is 12.4 Å². The third-order valence-corrected chi connectivity index (χ3v) is 3.20. The molecule has 1 atom stereocenters. The van der Waals surface area contributed by atoms with Gasteiger partial charge in [0.2, 0.25) is 5.89 Å². The molecule has 3 heterocycles. The summed E-state index contributed by atoms with van der Waals surface area (Å²) < 4.78 is 5.34. The second-order valence-corrected chi connectivity index (χ2v) is 4.58. The molecule has 0 radical (unpaired) electrons. The zero-order chi connectivity index (χ0) is 12.2. The summed E-state index contributed by atoms with van der Waals surface area (Å²) in [5.41, 5.74) is 1.15. The van der Waals surface area contributed by atoms with Gasteiger partial charge >= 0.3 is 0 Å². The van der Waals surface area contributed by atoms with Crippen LogP contribution in [0.2, 0.25) is 0 Å². The van der Waals surface area contributed by atoms with Crippen LogP contribution in [-0.2, 0) is 6.42 Å². The van der Waals surface area contributed by atoms with Crippen molar-refractivity contribution in [1.82, 2.24) is 20.4 Å². The fourth-order valence-corrected chi connectivity index (χ4v) is 2.23. The first kappa shape index (κ1) is 11.3. The molecule has 1 aliphatic heterocycles. The second-order valence-electron chi connectivity index (χ2n) is 4.58. The van der Waals surface area contributed by atoms with Gasteiger partial charge in [-0.25, -0.2) is 0 Å². The minimum Gasteiger partial charge on any atom is -0.338 e. The van der Waals surface area contributed by atoms with Crippen molar-refractivity contribution >= 4 is 0 Å². The zero-order valence-electron chi connectivity index (χ0n) is 10.2. The molecule has 0 unspecified atom stereocenters. The molecule has 0 aliphatic carbocycles. The molecule has 2 aromatic heterocycles. The summed E-state index contributed by atoms with van der Waals surface area (Å²) in [4.78, 5) is 8.46. The van der Waals surface area contributed by atoms with Crippen molar-refractivity contribution in [2.45, 2.75) is 31.7 Å². The highest BCUT2D eigenvalue weighted by molar-refractivity contribution is 5.14. The van der Waals surface area contributed by atoms with Gasteiger partial charge in [0.25, 0.3) is 0 Å². The van der Waals surface area contributed by atoms with Crippen LogP contribution in [0.25, 0.3) is 0 Å². The van der Waals surface area contributed by atoms with E-state index in [0.717, 1.165) is 30.2 Å². The number of hydrogen-bond acceptors (Lipinski definition) is 5. The van der Waals surface area contributed by atoms with Gasteiger partial charge in [0.05, 0.1) is 6.04 Å². The molecule has 5 heteroatoms. The Morgan fingerprint density at radius 1 is 1.28 bits per heavy atom. The lowest BCUT2D eigenvalue weighted by Gasteiger charge is -2.19. The van der Waals surface area contributed by atoms with Crippen molar-refractivity contribution in [2.75, 3.05) is 6.54 Å². The predicted octanol–water partition coefficient (Wildman–Crippen LogP) is 1.87. The van der Waals surface area contributed by atoms with Crippen LogP contribution in [0.3, 0.4) is 0 Å². The molecular weight excluding hydrogens is 228 g/mol. The summed E-state index contributed by atoms with van der Waals surface area (Å²) in [6.07, 6.45) is 7.78. The Hall–Kier alpha value is -1.75. The van der Waals surface area contributed by atoms with E-state index in [1.165, 1.54) is 12.8 Å². The number of piperidine rings is 1. The van der Waals surface area contributed by atoms with Crippen molar-refractivity contribution in [2.24, 2.45) is 0 Å². The number of nitrogens with one attached hydrogen (secondary N) is 1.